The van der Waals surface area contributed by atoms with E-state index in [1.807, 2.05) is 0 Å². The van der Waals surface area contributed by atoms with Crippen LogP contribution < -0.4 is 5.46 Å². The van der Waals surface area contributed by atoms with Gasteiger partial charge in [0, 0.05) is 0 Å². The SMILES string of the molecule is OCc1cc(CO)cc(B(O)O)c1. The van der Waals surface area contributed by atoms with Crippen LogP contribution in [0.3, 0.4) is 0 Å². The van der Waals surface area contributed by atoms with Crippen molar-refractivity contribution in [2.24, 2.45) is 0 Å². The van der Waals surface area contributed by atoms with Gasteiger partial charge in [0.25, 0.3) is 0 Å². The Morgan fingerprint density at radius 2 is 1.38 bits per heavy atom. The molecule has 0 atom stereocenters. The second-order valence-corrected chi connectivity index (χ2v) is 2.77. The van der Waals surface area contributed by atoms with Crippen molar-refractivity contribution in [2.75, 3.05) is 0 Å². The van der Waals surface area contributed by atoms with E-state index in [-0.39, 0.29) is 18.7 Å². The number of hydrogen-bond donors (Lipinski definition) is 4. The Bertz CT molecular complexity index is 265. The second kappa shape index (κ2) is 4.39. The molecule has 0 fully saturated rings. The van der Waals surface area contributed by atoms with Crippen molar-refractivity contribution in [3.05, 3.63) is 29.3 Å². The highest BCUT2D eigenvalue weighted by atomic mass is 16.4. The molecule has 1 aromatic carbocycles. The van der Waals surface area contributed by atoms with E-state index in [9.17, 15) is 0 Å². The molecule has 0 aliphatic rings. The third-order valence-electron chi connectivity index (χ3n) is 1.74. The lowest BCUT2D eigenvalue weighted by atomic mass is 9.79. The Hall–Kier alpha value is -0.875. The summed E-state index contributed by atoms with van der Waals surface area (Å²) < 4.78 is 0. The van der Waals surface area contributed by atoms with Gasteiger partial charge in [0.05, 0.1) is 13.2 Å². The smallest absolute Gasteiger partial charge is 0.423 e. The third kappa shape index (κ3) is 2.53. The van der Waals surface area contributed by atoms with Gasteiger partial charge in [-0.2, -0.15) is 0 Å². The van der Waals surface area contributed by atoms with Crippen molar-refractivity contribution < 1.29 is 20.3 Å². The summed E-state index contributed by atoms with van der Waals surface area (Å²) in [5.74, 6) is 0. The first-order valence-corrected chi connectivity index (χ1v) is 3.88. The predicted octanol–water partition coefficient (Wildman–Crippen LogP) is -1.65. The summed E-state index contributed by atoms with van der Waals surface area (Å²) in [6.45, 7) is -0.374. The highest BCUT2D eigenvalue weighted by Crippen LogP contribution is 2.03. The van der Waals surface area contributed by atoms with Crippen molar-refractivity contribution in [1.29, 1.82) is 0 Å². The fourth-order valence-electron chi connectivity index (χ4n) is 1.12. The van der Waals surface area contributed by atoms with E-state index in [0.717, 1.165) is 0 Å². The van der Waals surface area contributed by atoms with Gasteiger partial charge in [-0.25, -0.2) is 0 Å². The molecule has 0 saturated heterocycles. The van der Waals surface area contributed by atoms with E-state index in [4.69, 9.17) is 20.3 Å². The monoisotopic (exact) mass is 182 g/mol. The van der Waals surface area contributed by atoms with Crippen LogP contribution in [-0.2, 0) is 13.2 Å². The first kappa shape index (κ1) is 10.2. The number of hydrogen-bond acceptors (Lipinski definition) is 4. The minimum atomic E-state index is -1.57. The van der Waals surface area contributed by atoms with Gasteiger partial charge in [-0.15, -0.1) is 0 Å². The van der Waals surface area contributed by atoms with Crippen LogP contribution in [0.4, 0.5) is 0 Å². The summed E-state index contributed by atoms with van der Waals surface area (Å²) in [5.41, 5.74) is 1.37. The first-order chi connectivity index (χ1) is 6.17. The van der Waals surface area contributed by atoms with Gasteiger partial charge in [-0.1, -0.05) is 18.2 Å². The molecule has 5 heteroatoms. The van der Waals surface area contributed by atoms with Crippen molar-refractivity contribution >= 4 is 12.6 Å². The maximum Gasteiger partial charge on any atom is 0.488 e. The molecule has 0 aliphatic carbocycles. The Morgan fingerprint density at radius 3 is 1.69 bits per heavy atom. The lowest BCUT2D eigenvalue weighted by Crippen LogP contribution is -2.30. The summed E-state index contributed by atoms with van der Waals surface area (Å²) >= 11 is 0. The van der Waals surface area contributed by atoms with Crippen molar-refractivity contribution in [2.45, 2.75) is 13.2 Å². The minimum Gasteiger partial charge on any atom is -0.423 e. The Balaban J connectivity index is 3.07. The quantitative estimate of drug-likeness (QED) is 0.422. The molecule has 0 bridgehead atoms. The molecular formula is C8H11BO4. The molecule has 1 aromatic rings. The van der Waals surface area contributed by atoms with Gasteiger partial charge < -0.3 is 20.3 Å². The van der Waals surface area contributed by atoms with Gasteiger partial charge in [-0.3, -0.25) is 0 Å². The largest absolute Gasteiger partial charge is 0.488 e. The number of rotatable bonds is 3. The summed E-state index contributed by atoms with van der Waals surface area (Å²) in [7, 11) is -1.57. The van der Waals surface area contributed by atoms with Crippen LogP contribution in [0.15, 0.2) is 18.2 Å². The van der Waals surface area contributed by atoms with Crippen LogP contribution in [0.25, 0.3) is 0 Å². The highest BCUT2D eigenvalue weighted by Gasteiger charge is 2.12. The summed E-state index contributed by atoms with van der Waals surface area (Å²) in [6.07, 6.45) is 0. The molecule has 0 radical (unpaired) electrons. The Kier molecular flexibility index (Phi) is 3.44. The van der Waals surface area contributed by atoms with Crippen LogP contribution in [-0.4, -0.2) is 27.4 Å². The van der Waals surface area contributed by atoms with Gasteiger partial charge in [0.1, 0.15) is 0 Å². The van der Waals surface area contributed by atoms with Crippen LogP contribution in [0.2, 0.25) is 0 Å². The molecule has 0 aliphatic heterocycles. The number of aliphatic hydroxyl groups is 2. The minimum absolute atomic E-state index is 0.187. The van der Waals surface area contributed by atoms with E-state index in [1.165, 1.54) is 12.1 Å². The predicted molar refractivity (Wildman–Crippen MR) is 48.1 cm³/mol. The molecule has 4 nitrogen and oxygen atoms in total. The van der Waals surface area contributed by atoms with E-state index < -0.39 is 7.12 Å². The normalized spacial score (nSPS) is 10.2. The molecule has 0 heterocycles. The van der Waals surface area contributed by atoms with Gasteiger partial charge in [-0.05, 0) is 16.6 Å². The molecule has 0 saturated carbocycles. The summed E-state index contributed by atoms with van der Waals surface area (Å²) in [4.78, 5) is 0. The molecular weight excluding hydrogens is 171 g/mol. The zero-order valence-electron chi connectivity index (χ0n) is 7.01. The molecule has 1 rings (SSSR count). The van der Waals surface area contributed by atoms with E-state index in [1.54, 1.807) is 6.07 Å². The number of aliphatic hydroxyl groups excluding tert-OH is 2. The van der Waals surface area contributed by atoms with E-state index in [2.05, 4.69) is 0 Å². The second-order valence-electron chi connectivity index (χ2n) is 2.77. The molecule has 0 amide bonds. The standard InChI is InChI=1S/C8H11BO4/c10-4-6-1-7(5-11)3-8(2-6)9(12)13/h1-3,10-13H,4-5H2. The van der Waals surface area contributed by atoms with Crippen LogP contribution in [0.1, 0.15) is 11.1 Å². The van der Waals surface area contributed by atoms with E-state index in [0.29, 0.717) is 11.1 Å². The Morgan fingerprint density at radius 1 is 0.923 bits per heavy atom. The average Bonchev–Trinajstić information content (AvgIpc) is 2.16. The maximum atomic E-state index is 8.86. The molecule has 70 valence electrons. The fourth-order valence-corrected chi connectivity index (χ4v) is 1.12. The maximum absolute atomic E-state index is 8.86. The first-order valence-electron chi connectivity index (χ1n) is 3.88. The number of benzene rings is 1. The van der Waals surface area contributed by atoms with Gasteiger partial charge in [0.15, 0.2) is 0 Å². The lowest BCUT2D eigenvalue weighted by Gasteiger charge is -2.05. The third-order valence-corrected chi connectivity index (χ3v) is 1.74. The topological polar surface area (TPSA) is 80.9 Å². The average molecular weight is 182 g/mol. The molecule has 0 spiro atoms. The molecule has 4 N–H and O–H groups in total. The zero-order valence-corrected chi connectivity index (χ0v) is 7.01. The van der Waals surface area contributed by atoms with Crippen LogP contribution in [0.5, 0.6) is 0 Å². The molecule has 13 heavy (non-hydrogen) atoms. The summed E-state index contributed by atoms with van der Waals surface area (Å²) in [5, 5.41) is 35.3. The van der Waals surface area contributed by atoms with Crippen molar-refractivity contribution in [3.8, 4) is 0 Å². The lowest BCUT2D eigenvalue weighted by molar-refractivity contribution is 0.275. The van der Waals surface area contributed by atoms with Crippen LogP contribution in [0, 0.1) is 0 Å². The fraction of sp³-hybridized carbons (Fsp3) is 0.250. The van der Waals surface area contributed by atoms with E-state index >= 15 is 0 Å². The molecule has 0 aromatic heterocycles. The van der Waals surface area contributed by atoms with Gasteiger partial charge >= 0.3 is 7.12 Å². The molecule has 0 unspecified atom stereocenters. The van der Waals surface area contributed by atoms with Gasteiger partial charge in [0.2, 0.25) is 0 Å². The Labute approximate surface area is 76.2 Å². The van der Waals surface area contributed by atoms with Crippen molar-refractivity contribution in [1.82, 2.24) is 0 Å². The zero-order chi connectivity index (χ0) is 9.84. The highest BCUT2D eigenvalue weighted by molar-refractivity contribution is 6.58. The van der Waals surface area contributed by atoms with Crippen molar-refractivity contribution in [3.63, 3.8) is 0 Å². The summed E-state index contributed by atoms with van der Waals surface area (Å²) in [6, 6.07) is 4.56. The van der Waals surface area contributed by atoms with Crippen LogP contribution >= 0.6 is 0 Å².